The minimum absolute atomic E-state index is 0.322. The third-order valence-corrected chi connectivity index (χ3v) is 5.55. The first-order valence-electron chi connectivity index (χ1n) is 9.95. The van der Waals surface area contributed by atoms with Crippen molar-refractivity contribution in [1.82, 2.24) is 14.7 Å². The third-order valence-electron chi connectivity index (χ3n) is 5.26. The van der Waals surface area contributed by atoms with Crippen molar-refractivity contribution >= 4 is 18.0 Å². The van der Waals surface area contributed by atoms with Gasteiger partial charge < -0.3 is 18.6 Å². The van der Waals surface area contributed by atoms with Gasteiger partial charge in [0.1, 0.15) is 0 Å². The third kappa shape index (κ3) is 4.49. The Morgan fingerprint density at radius 3 is 2.32 bits per heavy atom. The number of hydrogen-bond donors (Lipinski definition) is 0. The predicted molar refractivity (Wildman–Crippen MR) is 117 cm³/mol. The zero-order chi connectivity index (χ0) is 21.8. The van der Waals surface area contributed by atoms with Crippen molar-refractivity contribution in [2.75, 3.05) is 52.4 Å². The van der Waals surface area contributed by atoms with Crippen molar-refractivity contribution in [3.05, 3.63) is 41.4 Å². The van der Waals surface area contributed by atoms with E-state index in [1.165, 1.54) is 0 Å². The van der Waals surface area contributed by atoms with Crippen LogP contribution in [-0.2, 0) is 6.67 Å². The van der Waals surface area contributed by atoms with E-state index in [0.29, 0.717) is 40.2 Å². The van der Waals surface area contributed by atoms with E-state index >= 15 is 0 Å². The van der Waals surface area contributed by atoms with E-state index in [1.54, 1.807) is 38.1 Å². The number of nitrogens with zero attached hydrogens (tertiary/aromatic N) is 4. The zero-order valence-corrected chi connectivity index (χ0v) is 18.6. The minimum atomic E-state index is 0.322. The van der Waals surface area contributed by atoms with Crippen LogP contribution in [-0.4, -0.2) is 62.2 Å². The highest BCUT2D eigenvalue weighted by Gasteiger charge is 2.24. The molecule has 1 N–H and O–H groups in total. The predicted octanol–water partition coefficient (Wildman–Crippen LogP) is 2.49. The van der Waals surface area contributed by atoms with Gasteiger partial charge in [-0.15, -0.1) is 5.10 Å². The summed E-state index contributed by atoms with van der Waals surface area (Å²) >= 11 is 5.42. The lowest BCUT2D eigenvalue weighted by molar-refractivity contribution is -0.364. The zero-order valence-electron chi connectivity index (χ0n) is 17.8. The van der Waals surface area contributed by atoms with E-state index in [9.17, 15) is 0 Å². The molecule has 164 valence electrons. The molecule has 3 aromatic rings. The Labute approximate surface area is 185 Å². The summed E-state index contributed by atoms with van der Waals surface area (Å²) in [5.74, 6) is 3.11. The maximum Gasteiger partial charge on any atom is 0.288 e. The molecule has 0 atom stereocenters. The maximum atomic E-state index is 5.78. The smallest absolute Gasteiger partial charge is 0.288 e. The molecule has 31 heavy (non-hydrogen) atoms. The second-order valence-corrected chi connectivity index (χ2v) is 7.43. The molecule has 0 amide bonds. The fourth-order valence-electron chi connectivity index (χ4n) is 3.62. The number of H-pyrrole nitrogens is 1. The number of aromatic amines is 1. The van der Waals surface area contributed by atoms with E-state index in [1.807, 2.05) is 18.3 Å². The van der Waals surface area contributed by atoms with Crippen molar-refractivity contribution in [1.29, 1.82) is 0 Å². The van der Waals surface area contributed by atoms with Crippen molar-refractivity contribution in [3.8, 4) is 28.7 Å². The molecule has 10 heteroatoms. The van der Waals surface area contributed by atoms with E-state index in [-0.39, 0.29) is 0 Å². The Morgan fingerprint density at radius 1 is 1.03 bits per heavy atom. The number of benzene rings is 1. The summed E-state index contributed by atoms with van der Waals surface area (Å²) in [5, 5.41) is 4.59. The number of aromatic nitrogens is 3. The maximum absolute atomic E-state index is 5.78. The van der Waals surface area contributed by atoms with Crippen molar-refractivity contribution < 1.29 is 23.6 Å². The molecular weight excluding hydrogens is 418 g/mol. The highest BCUT2D eigenvalue weighted by Crippen LogP contribution is 2.40. The van der Waals surface area contributed by atoms with Crippen LogP contribution >= 0.6 is 12.2 Å². The Morgan fingerprint density at radius 2 is 1.74 bits per heavy atom. The Balaban J connectivity index is 1.48. The summed E-state index contributed by atoms with van der Waals surface area (Å²) < 4.78 is 23.7. The molecule has 0 radical (unpaired) electrons. The van der Waals surface area contributed by atoms with Crippen LogP contribution in [0.1, 0.15) is 0 Å². The van der Waals surface area contributed by atoms with Crippen LogP contribution in [0.25, 0.3) is 11.5 Å². The highest BCUT2D eigenvalue weighted by atomic mass is 32.1. The molecule has 4 rings (SSSR count). The summed E-state index contributed by atoms with van der Waals surface area (Å²) in [6.45, 7) is 4.21. The summed E-state index contributed by atoms with van der Waals surface area (Å²) in [6, 6.07) is 9.70. The summed E-state index contributed by atoms with van der Waals surface area (Å²) in [4.78, 5) is 8.25. The second kappa shape index (κ2) is 9.36. The molecule has 0 unspecified atom stereocenters. The fraction of sp³-hybridized carbons (Fsp3) is 0.381. The summed E-state index contributed by atoms with van der Waals surface area (Å²) in [5.41, 5.74) is 0.698. The Kier molecular flexibility index (Phi) is 6.38. The molecule has 0 saturated carbocycles. The number of ether oxygens (including phenoxy) is 3. The molecule has 0 bridgehead atoms. The Bertz CT molecular complexity index is 1050. The topological polar surface area (TPSA) is 79.3 Å². The van der Waals surface area contributed by atoms with Crippen molar-refractivity contribution in [2.24, 2.45) is 0 Å². The average molecular weight is 445 g/mol. The van der Waals surface area contributed by atoms with E-state index < -0.39 is 0 Å². The standard InChI is InChI=1S/C21H25N5O4S/c1-27-16-12-15(13-17(28-2)19(16)29-3)20-23-26(21(31)30-20)14-24-8-10-25(11-9-24)18-6-4-5-7-22-18/h4-7,12-13H,8-11,14H2,1-3H3/p+1. The SMILES string of the molecule is COc1cc(-c2nn(CN3CCN(c4cccc[nH+]4)CC3)c(=S)o2)cc(OC)c1OC. The normalized spacial score (nSPS) is 14.5. The van der Waals surface area contributed by atoms with Crippen LogP contribution < -0.4 is 24.1 Å². The van der Waals surface area contributed by atoms with Crippen LogP contribution in [0, 0.1) is 4.84 Å². The largest absolute Gasteiger partial charge is 0.493 e. The number of pyridine rings is 1. The van der Waals surface area contributed by atoms with Crippen LogP contribution in [0.3, 0.4) is 0 Å². The van der Waals surface area contributed by atoms with Gasteiger partial charge >= 0.3 is 0 Å². The van der Waals surface area contributed by atoms with Gasteiger partial charge in [0.25, 0.3) is 10.7 Å². The molecule has 1 saturated heterocycles. The lowest BCUT2D eigenvalue weighted by Crippen LogP contribution is -2.48. The molecule has 1 aliphatic heterocycles. The monoisotopic (exact) mass is 444 g/mol. The van der Waals surface area contributed by atoms with Gasteiger partial charge in [0.05, 0.1) is 47.3 Å². The lowest BCUT2D eigenvalue weighted by atomic mass is 10.2. The molecule has 2 aromatic heterocycles. The number of rotatable bonds is 7. The molecule has 0 aliphatic carbocycles. The quantitative estimate of drug-likeness (QED) is 0.515. The van der Waals surface area contributed by atoms with Gasteiger partial charge in [-0.25, -0.2) is 9.67 Å². The van der Waals surface area contributed by atoms with Crippen molar-refractivity contribution in [2.45, 2.75) is 6.67 Å². The van der Waals surface area contributed by atoms with Crippen LogP contribution in [0.15, 0.2) is 40.9 Å². The molecule has 9 nitrogen and oxygen atoms in total. The fourth-order valence-corrected chi connectivity index (χ4v) is 3.79. The summed E-state index contributed by atoms with van der Waals surface area (Å²) in [6.07, 6.45) is 1.95. The molecule has 1 aliphatic rings. The van der Waals surface area contributed by atoms with E-state index in [4.69, 9.17) is 30.8 Å². The van der Waals surface area contributed by atoms with Crippen LogP contribution in [0.2, 0.25) is 0 Å². The van der Waals surface area contributed by atoms with Gasteiger partial charge in [0.15, 0.2) is 11.5 Å². The van der Waals surface area contributed by atoms with Crippen LogP contribution in [0.5, 0.6) is 17.2 Å². The first-order valence-corrected chi connectivity index (χ1v) is 10.4. The van der Waals surface area contributed by atoms with Gasteiger partial charge in [-0.3, -0.25) is 9.80 Å². The number of hydrogen-bond acceptors (Lipinski definition) is 8. The highest BCUT2D eigenvalue weighted by molar-refractivity contribution is 7.71. The lowest BCUT2D eigenvalue weighted by Gasteiger charge is -2.30. The van der Waals surface area contributed by atoms with Gasteiger partial charge in [-0.2, -0.15) is 0 Å². The first-order chi connectivity index (χ1) is 15.1. The average Bonchev–Trinajstić information content (AvgIpc) is 3.19. The number of methoxy groups -OCH3 is 3. The Hall–Kier alpha value is -3.11. The van der Waals surface area contributed by atoms with Gasteiger partial charge in [-0.05, 0) is 30.4 Å². The number of nitrogens with one attached hydrogen (secondary N) is 1. The molecule has 3 heterocycles. The van der Waals surface area contributed by atoms with Gasteiger partial charge in [0, 0.05) is 24.7 Å². The molecule has 0 spiro atoms. The second-order valence-electron chi connectivity index (χ2n) is 7.08. The van der Waals surface area contributed by atoms with Crippen molar-refractivity contribution in [3.63, 3.8) is 0 Å². The van der Waals surface area contributed by atoms with Gasteiger partial charge in [0.2, 0.25) is 11.6 Å². The van der Waals surface area contributed by atoms with E-state index in [0.717, 1.165) is 32.0 Å². The van der Waals surface area contributed by atoms with Gasteiger partial charge in [-0.1, -0.05) is 6.07 Å². The molecular formula is C21H26N5O4S+. The molecule has 1 fully saturated rings. The first kappa shape index (κ1) is 21.1. The molecule has 1 aromatic carbocycles. The minimum Gasteiger partial charge on any atom is -0.493 e. The number of anilines is 1. The van der Waals surface area contributed by atoms with E-state index in [2.05, 4.69) is 25.9 Å². The summed E-state index contributed by atoms with van der Waals surface area (Å²) in [7, 11) is 4.71. The number of piperazine rings is 1. The van der Waals surface area contributed by atoms with Crippen LogP contribution in [0.4, 0.5) is 5.82 Å².